The van der Waals surface area contributed by atoms with Crippen molar-refractivity contribution in [3.05, 3.63) is 84.2 Å². The summed E-state index contributed by atoms with van der Waals surface area (Å²) in [4.78, 5) is 28.3. The number of carbonyl (C=O) groups is 2. The lowest BCUT2D eigenvalue weighted by Gasteiger charge is -2.32. The molecule has 0 radical (unpaired) electrons. The largest absolute Gasteiger partial charge is 0.497 e. The van der Waals surface area contributed by atoms with Crippen molar-refractivity contribution < 1.29 is 31.9 Å². The Hall–Kier alpha value is -4.12. The van der Waals surface area contributed by atoms with Gasteiger partial charge in [-0.2, -0.15) is 0 Å². The van der Waals surface area contributed by atoms with Gasteiger partial charge in [-0.15, -0.1) is 0 Å². The van der Waals surface area contributed by atoms with Crippen molar-refractivity contribution in [2.75, 3.05) is 24.6 Å². The van der Waals surface area contributed by atoms with Crippen LogP contribution in [-0.4, -0.2) is 57.5 Å². The van der Waals surface area contributed by atoms with Gasteiger partial charge in [-0.1, -0.05) is 19.1 Å². The Morgan fingerprint density at radius 1 is 0.952 bits per heavy atom. The molecule has 2 amide bonds. The third kappa shape index (κ3) is 8.22. The van der Waals surface area contributed by atoms with Crippen LogP contribution < -0.4 is 19.1 Å². The van der Waals surface area contributed by atoms with Gasteiger partial charge < -0.3 is 19.7 Å². The second kappa shape index (κ2) is 14.7. The van der Waals surface area contributed by atoms with E-state index in [9.17, 15) is 22.4 Å². The van der Waals surface area contributed by atoms with Crippen molar-refractivity contribution in [3.63, 3.8) is 0 Å². The molecule has 0 bridgehead atoms. The molecule has 226 valence electrons. The van der Waals surface area contributed by atoms with Gasteiger partial charge in [-0.05, 0) is 93.4 Å². The van der Waals surface area contributed by atoms with Crippen LogP contribution in [0.1, 0.15) is 39.7 Å². The fourth-order valence-electron chi connectivity index (χ4n) is 4.15. The van der Waals surface area contributed by atoms with Crippen molar-refractivity contribution in [2.45, 2.75) is 57.6 Å². The van der Waals surface area contributed by atoms with E-state index in [1.807, 2.05) is 20.8 Å². The fraction of sp³-hybridized carbons (Fsp3) is 0.355. The second-order valence-corrected chi connectivity index (χ2v) is 11.6. The Balaban J connectivity index is 2.04. The first kappa shape index (κ1) is 32.4. The van der Waals surface area contributed by atoms with Gasteiger partial charge in [0.2, 0.25) is 11.8 Å². The van der Waals surface area contributed by atoms with Crippen molar-refractivity contribution in [3.8, 4) is 11.5 Å². The maximum Gasteiger partial charge on any atom is 0.264 e. The van der Waals surface area contributed by atoms with E-state index in [1.165, 1.54) is 24.1 Å². The SMILES string of the molecule is CCOc1ccc(N(CC(=O)N(Cc2cccc(OC)c2)[C@H](C)C(=O)N[C@@H](C)CC)S(=O)(=O)c2ccc(F)cc2)cc1. The molecule has 0 saturated carbocycles. The lowest BCUT2D eigenvalue weighted by Crippen LogP contribution is -2.52. The summed E-state index contributed by atoms with van der Waals surface area (Å²) in [5, 5.41) is 2.90. The molecule has 11 heteroatoms. The summed E-state index contributed by atoms with van der Waals surface area (Å²) in [6.45, 7) is 7.06. The van der Waals surface area contributed by atoms with Crippen LogP contribution >= 0.6 is 0 Å². The predicted octanol–water partition coefficient (Wildman–Crippen LogP) is 4.76. The number of anilines is 1. The number of halogens is 1. The minimum absolute atomic E-state index is 0.0266. The highest BCUT2D eigenvalue weighted by Crippen LogP contribution is 2.27. The predicted molar refractivity (Wildman–Crippen MR) is 159 cm³/mol. The number of rotatable bonds is 14. The molecule has 0 aliphatic rings. The van der Waals surface area contributed by atoms with Gasteiger partial charge in [-0.3, -0.25) is 13.9 Å². The van der Waals surface area contributed by atoms with Crippen LogP contribution in [0.25, 0.3) is 0 Å². The van der Waals surface area contributed by atoms with Crippen molar-refractivity contribution >= 4 is 27.5 Å². The number of benzene rings is 3. The summed E-state index contributed by atoms with van der Waals surface area (Å²) in [5.41, 5.74) is 0.897. The quantitative estimate of drug-likeness (QED) is 0.287. The van der Waals surface area contributed by atoms with E-state index in [-0.39, 0.29) is 29.1 Å². The van der Waals surface area contributed by atoms with Crippen molar-refractivity contribution in [1.29, 1.82) is 0 Å². The molecule has 9 nitrogen and oxygen atoms in total. The molecule has 3 aromatic carbocycles. The number of methoxy groups -OCH3 is 1. The molecule has 3 aromatic rings. The van der Waals surface area contributed by atoms with Gasteiger partial charge in [0.1, 0.15) is 29.9 Å². The number of amides is 2. The van der Waals surface area contributed by atoms with E-state index < -0.39 is 34.3 Å². The molecule has 0 heterocycles. The van der Waals surface area contributed by atoms with Gasteiger partial charge in [0.15, 0.2) is 0 Å². The van der Waals surface area contributed by atoms with E-state index in [0.29, 0.717) is 30.1 Å². The maximum absolute atomic E-state index is 14.0. The van der Waals surface area contributed by atoms with Gasteiger partial charge in [0, 0.05) is 12.6 Å². The lowest BCUT2D eigenvalue weighted by molar-refractivity contribution is -0.139. The molecule has 0 aliphatic heterocycles. The van der Waals surface area contributed by atoms with Crippen LogP contribution in [0.5, 0.6) is 11.5 Å². The molecule has 42 heavy (non-hydrogen) atoms. The molecular formula is C31H38FN3O6S. The number of carbonyl (C=O) groups excluding carboxylic acids is 2. The highest BCUT2D eigenvalue weighted by Gasteiger charge is 2.33. The molecule has 0 aromatic heterocycles. The van der Waals surface area contributed by atoms with Crippen LogP contribution in [0, 0.1) is 5.82 Å². The average Bonchev–Trinajstić information content (AvgIpc) is 2.99. The molecule has 0 spiro atoms. The van der Waals surface area contributed by atoms with Crippen LogP contribution in [0.2, 0.25) is 0 Å². The van der Waals surface area contributed by atoms with Crippen LogP contribution in [0.15, 0.2) is 77.7 Å². The Morgan fingerprint density at radius 3 is 2.21 bits per heavy atom. The van der Waals surface area contributed by atoms with E-state index in [0.717, 1.165) is 28.6 Å². The number of hydrogen-bond donors (Lipinski definition) is 1. The summed E-state index contributed by atoms with van der Waals surface area (Å²) in [6.07, 6.45) is 0.698. The third-order valence-corrected chi connectivity index (χ3v) is 8.56. The van der Waals surface area contributed by atoms with Crippen molar-refractivity contribution in [1.82, 2.24) is 10.2 Å². The summed E-state index contributed by atoms with van der Waals surface area (Å²) in [5.74, 6) is -0.463. The van der Waals surface area contributed by atoms with E-state index in [1.54, 1.807) is 43.3 Å². The molecule has 0 fully saturated rings. The highest BCUT2D eigenvalue weighted by atomic mass is 32.2. The number of hydrogen-bond acceptors (Lipinski definition) is 6. The Bertz CT molecular complexity index is 1450. The first-order valence-corrected chi connectivity index (χ1v) is 15.2. The zero-order chi connectivity index (χ0) is 30.9. The number of nitrogens with one attached hydrogen (secondary N) is 1. The minimum atomic E-state index is -4.32. The zero-order valence-electron chi connectivity index (χ0n) is 24.5. The summed E-state index contributed by atoms with van der Waals surface area (Å²) in [6, 6.07) is 16.7. The third-order valence-electron chi connectivity index (χ3n) is 6.77. The van der Waals surface area contributed by atoms with Crippen LogP contribution in [0.3, 0.4) is 0 Å². The zero-order valence-corrected chi connectivity index (χ0v) is 25.4. The molecule has 1 N–H and O–H groups in total. The molecule has 3 rings (SSSR count). The van der Waals surface area contributed by atoms with E-state index in [4.69, 9.17) is 9.47 Å². The molecular weight excluding hydrogens is 561 g/mol. The number of nitrogens with zero attached hydrogens (tertiary/aromatic N) is 2. The minimum Gasteiger partial charge on any atom is -0.497 e. The normalized spacial score (nSPS) is 12.6. The fourth-order valence-corrected chi connectivity index (χ4v) is 5.57. The smallest absolute Gasteiger partial charge is 0.264 e. The summed E-state index contributed by atoms with van der Waals surface area (Å²) >= 11 is 0. The molecule has 0 unspecified atom stereocenters. The Morgan fingerprint density at radius 2 is 1.62 bits per heavy atom. The standard InChI is InChI=1S/C31H38FN3O6S/c1-6-22(3)33-31(37)23(4)34(20-24-9-8-10-28(19-24)40-5)30(36)21-35(26-13-15-27(16-14-26)41-7-2)42(38,39)29-17-11-25(32)12-18-29/h8-19,22-23H,6-7,20-21H2,1-5H3,(H,33,37)/t22-,23+/m0/s1. The first-order chi connectivity index (χ1) is 20.0. The molecule has 0 saturated heterocycles. The number of ether oxygens (including phenoxy) is 2. The molecule has 0 aliphatic carbocycles. The van der Waals surface area contributed by atoms with Gasteiger partial charge in [-0.25, -0.2) is 12.8 Å². The van der Waals surface area contributed by atoms with E-state index in [2.05, 4.69) is 5.32 Å². The lowest BCUT2D eigenvalue weighted by atomic mass is 10.1. The van der Waals surface area contributed by atoms with E-state index >= 15 is 0 Å². The van der Waals surface area contributed by atoms with Crippen LogP contribution in [0.4, 0.5) is 10.1 Å². The maximum atomic E-state index is 14.0. The Kier molecular flexibility index (Phi) is 11.3. The second-order valence-electron chi connectivity index (χ2n) is 9.76. The topological polar surface area (TPSA) is 105 Å². The average molecular weight is 600 g/mol. The van der Waals surface area contributed by atoms with Crippen LogP contribution in [-0.2, 0) is 26.2 Å². The van der Waals surface area contributed by atoms with Gasteiger partial charge >= 0.3 is 0 Å². The Labute approximate surface area is 247 Å². The first-order valence-electron chi connectivity index (χ1n) is 13.7. The summed E-state index contributed by atoms with van der Waals surface area (Å²) < 4.78 is 53.1. The van der Waals surface area contributed by atoms with Gasteiger partial charge in [0.05, 0.1) is 24.3 Å². The monoisotopic (exact) mass is 599 g/mol. The molecule has 2 atom stereocenters. The summed E-state index contributed by atoms with van der Waals surface area (Å²) in [7, 11) is -2.79. The van der Waals surface area contributed by atoms with Gasteiger partial charge in [0.25, 0.3) is 10.0 Å². The highest BCUT2D eigenvalue weighted by molar-refractivity contribution is 7.92. The number of sulfonamides is 1. The van der Waals surface area contributed by atoms with Crippen molar-refractivity contribution in [2.24, 2.45) is 0 Å².